The Hall–Kier alpha value is -3.61. The van der Waals surface area contributed by atoms with Crippen LogP contribution in [0.3, 0.4) is 0 Å². The van der Waals surface area contributed by atoms with Crippen LogP contribution < -0.4 is 10.6 Å². The molecule has 3 aromatic heterocycles. The second kappa shape index (κ2) is 7.91. The average molecular weight is 415 g/mol. The minimum atomic E-state index is -0.758. The molecule has 4 heterocycles. The number of anilines is 1. The van der Waals surface area contributed by atoms with Crippen molar-refractivity contribution in [2.45, 2.75) is 45.6 Å². The molecule has 0 saturated heterocycles. The Morgan fingerprint density at radius 2 is 1.90 bits per heavy atom. The molecule has 2 atom stereocenters. The number of amides is 2. The predicted molar refractivity (Wildman–Crippen MR) is 118 cm³/mol. The van der Waals surface area contributed by atoms with E-state index in [1.807, 2.05) is 58.0 Å². The molecule has 0 aromatic carbocycles. The van der Waals surface area contributed by atoms with Crippen LogP contribution in [0.5, 0.6) is 0 Å². The molecule has 31 heavy (non-hydrogen) atoms. The van der Waals surface area contributed by atoms with Gasteiger partial charge in [-0.1, -0.05) is 19.1 Å². The minimum absolute atomic E-state index is 0.0848. The maximum absolute atomic E-state index is 12.8. The molecule has 1 aliphatic rings. The third-order valence-electron chi connectivity index (χ3n) is 6.05. The number of carbonyl (C=O) groups excluding carboxylic acids is 2. The number of aromatic nitrogens is 3. The van der Waals surface area contributed by atoms with E-state index in [1.165, 1.54) is 0 Å². The predicted octanol–water partition coefficient (Wildman–Crippen LogP) is 3.43. The minimum Gasteiger partial charge on any atom is -0.347 e. The van der Waals surface area contributed by atoms with Crippen LogP contribution in [0.25, 0.3) is 0 Å². The number of fused-ring (bicyclic) bond motifs is 1. The van der Waals surface area contributed by atoms with Gasteiger partial charge in [0, 0.05) is 41.8 Å². The fourth-order valence-corrected chi connectivity index (χ4v) is 4.14. The molecule has 1 unspecified atom stereocenters. The van der Waals surface area contributed by atoms with Gasteiger partial charge in [0.1, 0.15) is 11.5 Å². The van der Waals surface area contributed by atoms with Crippen LogP contribution in [0, 0.1) is 13.8 Å². The lowest BCUT2D eigenvalue weighted by Gasteiger charge is -2.29. The third kappa shape index (κ3) is 3.79. The standard InChI is InChI=1S/C24H25N5O2/c1-14-10-17(11-15(2)28-14)12-27-22(30)20-8-7-18(13-26-20)16(3)24(4)19-6-5-9-25-21(19)29-23(24)31/h5-11,13,16H,12H2,1-4H3,(H,27,30)(H,25,29,31)/t16?,24-/m1/s1. The van der Waals surface area contributed by atoms with Gasteiger partial charge in [0.25, 0.3) is 5.91 Å². The zero-order valence-electron chi connectivity index (χ0n) is 18.1. The Labute approximate surface area is 181 Å². The number of hydrogen-bond donors (Lipinski definition) is 2. The molecular formula is C24H25N5O2. The summed E-state index contributed by atoms with van der Waals surface area (Å²) in [5.74, 6) is 0.127. The van der Waals surface area contributed by atoms with E-state index < -0.39 is 5.41 Å². The van der Waals surface area contributed by atoms with Gasteiger partial charge in [-0.2, -0.15) is 0 Å². The number of hydrogen-bond acceptors (Lipinski definition) is 5. The molecule has 0 fully saturated rings. The van der Waals surface area contributed by atoms with E-state index in [-0.39, 0.29) is 17.7 Å². The highest BCUT2D eigenvalue weighted by Gasteiger charge is 2.47. The molecule has 0 aliphatic carbocycles. The Morgan fingerprint density at radius 3 is 2.58 bits per heavy atom. The molecular weight excluding hydrogens is 390 g/mol. The second-order valence-electron chi connectivity index (χ2n) is 8.20. The van der Waals surface area contributed by atoms with Gasteiger partial charge in [0.15, 0.2) is 0 Å². The topological polar surface area (TPSA) is 96.9 Å². The molecule has 0 spiro atoms. The zero-order chi connectivity index (χ0) is 22.2. The van der Waals surface area contributed by atoms with Crippen LogP contribution >= 0.6 is 0 Å². The molecule has 4 rings (SSSR count). The van der Waals surface area contributed by atoms with Crippen LogP contribution in [-0.4, -0.2) is 26.8 Å². The molecule has 3 aromatic rings. The lowest BCUT2D eigenvalue weighted by Crippen LogP contribution is -2.36. The maximum atomic E-state index is 12.8. The summed E-state index contributed by atoms with van der Waals surface area (Å²) in [6, 6.07) is 11.2. The van der Waals surface area contributed by atoms with E-state index in [1.54, 1.807) is 18.5 Å². The summed E-state index contributed by atoms with van der Waals surface area (Å²) in [4.78, 5) is 38.3. The van der Waals surface area contributed by atoms with Crippen LogP contribution in [-0.2, 0) is 16.8 Å². The van der Waals surface area contributed by atoms with Gasteiger partial charge in [0.05, 0.1) is 5.41 Å². The van der Waals surface area contributed by atoms with Gasteiger partial charge >= 0.3 is 0 Å². The maximum Gasteiger partial charge on any atom is 0.270 e. The highest BCUT2D eigenvalue weighted by atomic mass is 16.2. The summed E-state index contributed by atoms with van der Waals surface area (Å²) in [6.45, 7) is 8.18. The normalized spacial score (nSPS) is 18.3. The number of carbonyl (C=O) groups is 2. The van der Waals surface area contributed by atoms with Crippen molar-refractivity contribution in [3.8, 4) is 0 Å². The summed E-state index contributed by atoms with van der Waals surface area (Å²) < 4.78 is 0. The van der Waals surface area contributed by atoms with E-state index >= 15 is 0 Å². The van der Waals surface area contributed by atoms with Crippen molar-refractivity contribution in [1.82, 2.24) is 20.3 Å². The number of nitrogens with zero attached hydrogens (tertiary/aromatic N) is 3. The number of nitrogens with one attached hydrogen (secondary N) is 2. The van der Waals surface area contributed by atoms with Gasteiger partial charge < -0.3 is 10.6 Å². The molecule has 0 saturated carbocycles. The van der Waals surface area contributed by atoms with Gasteiger partial charge in [-0.05, 0) is 56.2 Å². The summed E-state index contributed by atoms with van der Waals surface area (Å²) in [6.07, 6.45) is 3.34. The second-order valence-corrected chi connectivity index (χ2v) is 8.20. The van der Waals surface area contributed by atoms with E-state index in [0.717, 1.165) is 28.1 Å². The average Bonchev–Trinajstić information content (AvgIpc) is 3.02. The van der Waals surface area contributed by atoms with Crippen molar-refractivity contribution in [3.63, 3.8) is 0 Å². The summed E-state index contributed by atoms with van der Waals surface area (Å²) >= 11 is 0. The largest absolute Gasteiger partial charge is 0.347 e. The first-order valence-corrected chi connectivity index (χ1v) is 10.2. The SMILES string of the molecule is Cc1cc(CNC(=O)c2ccc(C(C)[C@@]3(C)C(=O)Nc4ncccc43)cn2)cc(C)n1. The fourth-order valence-electron chi connectivity index (χ4n) is 4.14. The van der Waals surface area contributed by atoms with Gasteiger partial charge in [0.2, 0.25) is 5.91 Å². The van der Waals surface area contributed by atoms with E-state index in [0.29, 0.717) is 18.1 Å². The molecule has 2 N–H and O–H groups in total. The highest BCUT2D eigenvalue weighted by molar-refractivity contribution is 6.05. The first-order chi connectivity index (χ1) is 14.8. The quantitative estimate of drug-likeness (QED) is 0.665. The van der Waals surface area contributed by atoms with Crippen LogP contribution in [0.15, 0.2) is 48.8 Å². The molecule has 7 nitrogen and oxygen atoms in total. The highest BCUT2D eigenvalue weighted by Crippen LogP contribution is 2.45. The Balaban J connectivity index is 1.49. The van der Waals surface area contributed by atoms with Crippen molar-refractivity contribution in [2.24, 2.45) is 0 Å². The van der Waals surface area contributed by atoms with Crippen LogP contribution in [0.2, 0.25) is 0 Å². The number of pyridine rings is 3. The first-order valence-electron chi connectivity index (χ1n) is 10.2. The van der Waals surface area contributed by atoms with Crippen LogP contribution in [0.1, 0.15) is 58.3 Å². The molecule has 158 valence electrons. The van der Waals surface area contributed by atoms with Gasteiger partial charge in [-0.25, -0.2) is 4.98 Å². The monoisotopic (exact) mass is 415 g/mol. The zero-order valence-corrected chi connectivity index (χ0v) is 18.1. The molecule has 0 bridgehead atoms. The Bertz CT molecular complexity index is 1140. The van der Waals surface area contributed by atoms with E-state index in [4.69, 9.17) is 0 Å². The number of rotatable bonds is 5. The van der Waals surface area contributed by atoms with Crippen molar-refractivity contribution >= 4 is 17.6 Å². The van der Waals surface area contributed by atoms with Crippen molar-refractivity contribution in [2.75, 3.05) is 5.32 Å². The lowest BCUT2D eigenvalue weighted by molar-refractivity contribution is -0.120. The first kappa shape index (κ1) is 20.7. The fraction of sp³-hybridized carbons (Fsp3) is 0.292. The van der Waals surface area contributed by atoms with E-state index in [9.17, 15) is 9.59 Å². The summed E-state index contributed by atoms with van der Waals surface area (Å²) in [5.41, 5.74) is 4.16. The smallest absolute Gasteiger partial charge is 0.270 e. The lowest BCUT2D eigenvalue weighted by atomic mass is 9.71. The summed E-state index contributed by atoms with van der Waals surface area (Å²) in [5, 5.41) is 5.77. The van der Waals surface area contributed by atoms with Crippen molar-refractivity contribution < 1.29 is 9.59 Å². The van der Waals surface area contributed by atoms with E-state index in [2.05, 4.69) is 25.6 Å². The third-order valence-corrected chi connectivity index (χ3v) is 6.05. The molecule has 1 aliphatic heterocycles. The van der Waals surface area contributed by atoms with Gasteiger partial charge in [-0.3, -0.25) is 19.6 Å². The van der Waals surface area contributed by atoms with Crippen molar-refractivity contribution in [3.05, 3.63) is 82.6 Å². The molecule has 0 radical (unpaired) electrons. The Kier molecular flexibility index (Phi) is 5.27. The van der Waals surface area contributed by atoms with Crippen molar-refractivity contribution in [1.29, 1.82) is 0 Å². The van der Waals surface area contributed by atoms with Gasteiger partial charge in [-0.15, -0.1) is 0 Å². The Morgan fingerprint density at radius 1 is 1.16 bits per heavy atom. The molecule has 7 heteroatoms. The van der Waals surface area contributed by atoms with Crippen LogP contribution in [0.4, 0.5) is 5.82 Å². The summed E-state index contributed by atoms with van der Waals surface area (Å²) in [7, 11) is 0. The number of aryl methyl sites for hydroxylation is 2. The molecule has 2 amide bonds.